The molecule has 0 saturated carbocycles. The van der Waals surface area contributed by atoms with Crippen LogP contribution in [0.2, 0.25) is 5.15 Å². The molecule has 0 bridgehead atoms. The molecule has 0 spiro atoms. The molecular weight excluding hydrogens is 248 g/mol. The molecule has 1 aromatic rings. The van der Waals surface area contributed by atoms with E-state index < -0.39 is 0 Å². The van der Waals surface area contributed by atoms with Gasteiger partial charge in [0.25, 0.3) is 0 Å². The zero-order chi connectivity index (χ0) is 13.4. The highest BCUT2D eigenvalue weighted by atomic mass is 35.5. The monoisotopic (exact) mass is 268 g/mol. The average molecular weight is 269 g/mol. The fraction of sp³-hybridized carbons (Fsp3) is 0.538. The third kappa shape index (κ3) is 4.27. The summed E-state index contributed by atoms with van der Waals surface area (Å²) in [6.45, 7) is 8.30. The number of hydrogen-bond acceptors (Lipinski definition) is 4. The normalized spacial score (nSPS) is 10.4. The fourth-order valence-corrected chi connectivity index (χ4v) is 1.85. The summed E-state index contributed by atoms with van der Waals surface area (Å²) in [5.74, 6) is 0.860. The molecular formula is C13H21ClN4. The van der Waals surface area contributed by atoms with E-state index in [1.165, 1.54) is 12.7 Å². The van der Waals surface area contributed by atoms with Crippen LogP contribution in [0.5, 0.6) is 0 Å². The van der Waals surface area contributed by atoms with Crippen molar-refractivity contribution in [3.63, 3.8) is 0 Å². The van der Waals surface area contributed by atoms with Crippen LogP contribution in [0.25, 0.3) is 0 Å². The van der Waals surface area contributed by atoms with E-state index >= 15 is 0 Å². The number of unbranched alkanes of at least 4 members (excludes halogenated alkanes) is 1. The highest BCUT2D eigenvalue weighted by Crippen LogP contribution is 2.22. The van der Waals surface area contributed by atoms with E-state index in [2.05, 4.69) is 28.8 Å². The molecule has 0 aliphatic rings. The maximum atomic E-state index is 6.14. The summed E-state index contributed by atoms with van der Waals surface area (Å²) in [4.78, 5) is 10.4. The molecule has 0 unspecified atom stereocenters. The lowest BCUT2D eigenvalue weighted by molar-refractivity contribution is 0.638. The molecule has 0 radical (unpaired) electrons. The van der Waals surface area contributed by atoms with Crippen molar-refractivity contribution in [2.75, 3.05) is 25.0 Å². The smallest absolute Gasteiger partial charge is 0.139 e. The minimum absolute atomic E-state index is 0.514. The summed E-state index contributed by atoms with van der Waals surface area (Å²) in [6.07, 6.45) is 5.66. The first-order chi connectivity index (χ1) is 8.70. The molecule has 0 aromatic carbocycles. The van der Waals surface area contributed by atoms with Gasteiger partial charge in [0.1, 0.15) is 17.3 Å². The number of aromatic nitrogens is 2. The van der Waals surface area contributed by atoms with Gasteiger partial charge in [-0.3, -0.25) is 0 Å². The lowest BCUT2D eigenvalue weighted by Crippen LogP contribution is -2.23. The number of anilines is 1. The van der Waals surface area contributed by atoms with E-state index in [0.717, 1.165) is 30.9 Å². The molecule has 1 heterocycles. The van der Waals surface area contributed by atoms with Crippen molar-refractivity contribution in [2.45, 2.75) is 26.3 Å². The van der Waals surface area contributed by atoms with Crippen LogP contribution in [0.3, 0.4) is 0 Å². The minimum atomic E-state index is 0.514. The van der Waals surface area contributed by atoms with Crippen molar-refractivity contribution in [1.29, 1.82) is 0 Å². The zero-order valence-electron chi connectivity index (χ0n) is 11.1. The van der Waals surface area contributed by atoms with Gasteiger partial charge < -0.3 is 10.2 Å². The van der Waals surface area contributed by atoms with Crippen molar-refractivity contribution < 1.29 is 0 Å². The second-order valence-electron chi connectivity index (χ2n) is 4.17. The maximum absolute atomic E-state index is 6.14. The fourth-order valence-electron chi connectivity index (χ4n) is 1.66. The standard InChI is InChI=1S/C13H21ClN4/c1-4-6-7-15-9-11-12(14)16-10-17-13(11)18(3)8-5-2/h5,10,15H,2,4,6-9H2,1,3H3. The third-order valence-corrected chi connectivity index (χ3v) is 2.97. The van der Waals surface area contributed by atoms with E-state index in [9.17, 15) is 0 Å². The summed E-state index contributed by atoms with van der Waals surface area (Å²) >= 11 is 6.14. The summed E-state index contributed by atoms with van der Waals surface area (Å²) in [5, 5.41) is 3.88. The predicted octanol–water partition coefficient (Wildman–Crippen LogP) is 2.64. The summed E-state index contributed by atoms with van der Waals surface area (Å²) in [6, 6.07) is 0. The van der Waals surface area contributed by atoms with E-state index in [1.807, 2.05) is 18.0 Å². The van der Waals surface area contributed by atoms with Crippen LogP contribution in [0.1, 0.15) is 25.3 Å². The molecule has 0 aliphatic heterocycles. The molecule has 4 nitrogen and oxygen atoms in total. The number of hydrogen-bond donors (Lipinski definition) is 1. The molecule has 100 valence electrons. The number of nitrogens with zero attached hydrogens (tertiary/aromatic N) is 3. The van der Waals surface area contributed by atoms with Crippen LogP contribution in [0.15, 0.2) is 19.0 Å². The van der Waals surface area contributed by atoms with E-state index in [-0.39, 0.29) is 0 Å². The van der Waals surface area contributed by atoms with Crippen LogP contribution >= 0.6 is 11.6 Å². The zero-order valence-corrected chi connectivity index (χ0v) is 11.9. The topological polar surface area (TPSA) is 41.1 Å². The number of nitrogens with one attached hydrogen (secondary N) is 1. The minimum Gasteiger partial charge on any atom is -0.356 e. The Balaban J connectivity index is 2.76. The predicted molar refractivity (Wildman–Crippen MR) is 77.1 cm³/mol. The molecule has 5 heteroatoms. The maximum Gasteiger partial charge on any atom is 0.139 e. The Labute approximate surface area is 114 Å². The Morgan fingerprint density at radius 1 is 1.50 bits per heavy atom. The third-order valence-electron chi connectivity index (χ3n) is 2.64. The first kappa shape index (κ1) is 14.9. The number of likely N-dealkylation sites (N-methyl/N-ethyl adjacent to an activating group) is 1. The highest BCUT2D eigenvalue weighted by Gasteiger charge is 2.12. The van der Waals surface area contributed by atoms with Crippen LogP contribution < -0.4 is 10.2 Å². The van der Waals surface area contributed by atoms with Crippen molar-refractivity contribution in [3.05, 3.63) is 29.7 Å². The quantitative estimate of drug-likeness (QED) is 0.447. The van der Waals surface area contributed by atoms with Gasteiger partial charge in [0.05, 0.1) is 0 Å². The second kappa shape index (κ2) is 8.06. The van der Waals surface area contributed by atoms with Crippen LogP contribution in [0, 0.1) is 0 Å². The lowest BCUT2D eigenvalue weighted by atomic mass is 10.2. The van der Waals surface area contributed by atoms with Crippen LogP contribution in [0.4, 0.5) is 5.82 Å². The molecule has 1 N–H and O–H groups in total. The Morgan fingerprint density at radius 2 is 2.28 bits per heavy atom. The van der Waals surface area contributed by atoms with Crippen LogP contribution in [-0.4, -0.2) is 30.1 Å². The number of halogens is 1. The first-order valence-corrected chi connectivity index (χ1v) is 6.60. The molecule has 1 rings (SSSR count). The van der Waals surface area contributed by atoms with Gasteiger partial charge in [0.15, 0.2) is 0 Å². The molecule has 18 heavy (non-hydrogen) atoms. The second-order valence-corrected chi connectivity index (χ2v) is 4.52. The molecule has 0 atom stereocenters. The van der Waals surface area contributed by atoms with Gasteiger partial charge in [-0.05, 0) is 13.0 Å². The number of rotatable bonds is 8. The highest BCUT2D eigenvalue weighted by molar-refractivity contribution is 6.30. The molecule has 0 aliphatic carbocycles. The summed E-state index contributed by atoms with van der Waals surface area (Å²) < 4.78 is 0. The van der Waals surface area contributed by atoms with Crippen LogP contribution in [-0.2, 0) is 6.54 Å². The average Bonchev–Trinajstić information content (AvgIpc) is 2.36. The largest absolute Gasteiger partial charge is 0.356 e. The molecule has 0 amide bonds. The molecule has 0 saturated heterocycles. The van der Waals surface area contributed by atoms with Gasteiger partial charge in [-0.2, -0.15) is 0 Å². The Bertz CT molecular complexity index is 381. The summed E-state index contributed by atoms with van der Waals surface area (Å²) in [5.41, 5.74) is 0.944. The molecule has 1 aromatic heterocycles. The van der Waals surface area contributed by atoms with E-state index in [1.54, 1.807) is 0 Å². The van der Waals surface area contributed by atoms with Gasteiger partial charge in [-0.1, -0.05) is 31.0 Å². The van der Waals surface area contributed by atoms with E-state index in [4.69, 9.17) is 11.6 Å². The van der Waals surface area contributed by atoms with Gasteiger partial charge in [-0.25, -0.2) is 9.97 Å². The van der Waals surface area contributed by atoms with Crippen molar-refractivity contribution >= 4 is 17.4 Å². The Kier molecular flexibility index (Phi) is 6.68. The first-order valence-electron chi connectivity index (χ1n) is 6.22. The Morgan fingerprint density at radius 3 is 2.94 bits per heavy atom. The van der Waals surface area contributed by atoms with Gasteiger partial charge in [0.2, 0.25) is 0 Å². The van der Waals surface area contributed by atoms with Crippen molar-refractivity contribution in [2.24, 2.45) is 0 Å². The van der Waals surface area contributed by atoms with Gasteiger partial charge in [-0.15, -0.1) is 6.58 Å². The van der Waals surface area contributed by atoms with Crippen molar-refractivity contribution in [3.8, 4) is 0 Å². The molecule has 0 fully saturated rings. The summed E-state index contributed by atoms with van der Waals surface area (Å²) in [7, 11) is 1.97. The van der Waals surface area contributed by atoms with Gasteiger partial charge in [0, 0.05) is 25.7 Å². The Hall–Kier alpha value is -1.13. The van der Waals surface area contributed by atoms with Crippen molar-refractivity contribution in [1.82, 2.24) is 15.3 Å². The van der Waals surface area contributed by atoms with Gasteiger partial charge >= 0.3 is 0 Å². The SMILES string of the molecule is C=CCN(C)c1ncnc(Cl)c1CNCCCC. The van der Waals surface area contributed by atoms with E-state index in [0.29, 0.717) is 11.7 Å². The lowest BCUT2D eigenvalue weighted by Gasteiger charge is -2.20.